The van der Waals surface area contributed by atoms with Gasteiger partial charge in [-0.2, -0.15) is 9.78 Å². The fraction of sp³-hybridized carbons (Fsp3) is 0.0455. The van der Waals surface area contributed by atoms with Crippen molar-refractivity contribution in [1.82, 2.24) is 14.8 Å². The lowest BCUT2D eigenvalue weighted by molar-refractivity contribution is 0.215. The van der Waals surface area contributed by atoms with Crippen molar-refractivity contribution >= 4 is 23.2 Å². The molecule has 0 fully saturated rings. The van der Waals surface area contributed by atoms with Crippen molar-refractivity contribution in [2.75, 3.05) is 0 Å². The summed E-state index contributed by atoms with van der Waals surface area (Å²) in [6.07, 6.45) is -0.321. The molecule has 4 aromatic rings. The summed E-state index contributed by atoms with van der Waals surface area (Å²) in [5, 5.41) is 24.6. The summed E-state index contributed by atoms with van der Waals surface area (Å²) in [4.78, 5) is 25.3. The first-order valence-corrected chi connectivity index (χ1v) is 10.1. The Kier molecular flexibility index (Phi) is 6.19. The molecule has 168 valence electrons. The van der Waals surface area contributed by atoms with Crippen molar-refractivity contribution in [3.63, 3.8) is 0 Å². The monoisotopic (exact) mass is 489 g/mol. The van der Waals surface area contributed by atoms with Gasteiger partial charge in [-0.3, -0.25) is 9.78 Å². The molecule has 0 bridgehead atoms. The van der Waals surface area contributed by atoms with Crippen LogP contribution in [-0.2, 0) is 0 Å². The number of aliphatic hydroxyl groups is 1. The van der Waals surface area contributed by atoms with E-state index in [-0.39, 0.29) is 38.5 Å². The summed E-state index contributed by atoms with van der Waals surface area (Å²) in [7, 11) is 0. The van der Waals surface area contributed by atoms with Crippen molar-refractivity contribution in [3.05, 3.63) is 109 Å². The van der Waals surface area contributed by atoms with Crippen LogP contribution in [0.1, 0.15) is 17.2 Å². The third-order valence-corrected chi connectivity index (χ3v) is 5.20. The molecule has 3 N–H and O–H groups in total. The third kappa shape index (κ3) is 4.75. The Morgan fingerprint density at radius 2 is 1.70 bits per heavy atom. The number of hydrogen-bond acceptors (Lipinski definition) is 6. The van der Waals surface area contributed by atoms with E-state index in [0.717, 1.165) is 10.9 Å². The fourth-order valence-corrected chi connectivity index (χ4v) is 3.61. The summed E-state index contributed by atoms with van der Waals surface area (Å²) < 4.78 is 19.8. The number of nitrogens with one attached hydrogen (secondary N) is 1. The highest BCUT2D eigenvalue weighted by atomic mass is 35.5. The topological polar surface area (TPSA) is 117 Å². The number of aromatic hydroxyl groups is 1. The van der Waals surface area contributed by atoms with E-state index < -0.39 is 23.2 Å². The molecule has 1 aromatic heterocycles. The first-order valence-electron chi connectivity index (χ1n) is 9.35. The van der Waals surface area contributed by atoms with E-state index in [1.165, 1.54) is 54.6 Å². The first-order chi connectivity index (χ1) is 15.7. The molecule has 0 unspecified atom stereocenters. The maximum Gasteiger partial charge on any atom is 0.349 e. The molecule has 3 aromatic carbocycles. The number of ether oxygens (including phenoxy) is 1. The lowest BCUT2D eigenvalue weighted by Crippen LogP contribution is -2.30. The van der Waals surface area contributed by atoms with Crippen LogP contribution >= 0.6 is 23.2 Å². The van der Waals surface area contributed by atoms with Crippen LogP contribution in [0.5, 0.6) is 17.2 Å². The van der Waals surface area contributed by atoms with Gasteiger partial charge >= 0.3 is 5.69 Å². The van der Waals surface area contributed by atoms with Gasteiger partial charge in [0.2, 0.25) is 0 Å². The van der Waals surface area contributed by atoms with E-state index in [1.54, 1.807) is 0 Å². The van der Waals surface area contributed by atoms with E-state index in [4.69, 9.17) is 27.9 Å². The molecular formula is C22H14Cl2FN3O5. The number of halogens is 3. The predicted octanol–water partition coefficient (Wildman–Crippen LogP) is 3.95. The Balaban J connectivity index is 1.66. The maximum absolute atomic E-state index is 13.2. The minimum Gasteiger partial charge on any atom is -0.508 e. The van der Waals surface area contributed by atoms with Crippen LogP contribution in [0.4, 0.5) is 4.39 Å². The van der Waals surface area contributed by atoms with Gasteiger partial charge in [0.15, 0.2) is 5.75 Å². The van der Waals surface area contributed by atoms with Gasteiger partial charge in [0, 0.05) is 5.56 Å². The lowest BCUT2D eigenvalue weighted by Gasteiger charge is -2.16. The number of H-pyrrole nitrogens is 1. The SMILES string of the molecule is O=c1cnn(-c2cc(Cl)c(Oc3ccc(O)c([C@@H](O)c4ccc(F)cc4)c3)c(Cl)c2)c(=O)[nH]1. The van der Waals surface area contributed by atoms with E-state index in [0.29, 0.717) is 5.56 Å². The molecule has 0 spiro atoms. The van der Waals surface area contributed by atoms with E-state index in [1.807, 2.05) is 0 Å². The van der Waals surface area contributed by atoms with Crippen molar-refractivity contribution in [2.24, 2.45) is 0 Å². The normalized spacial score (nSPS) is 11.9. The molecule has 33 heavy (non-hydrogen) atoms. The van der Waals surface area contributed by atoms with Crippen molar-refractivity contribution in [1.29, 1.82) is 0 Å². The van der Waals surface area contributed by atoms with E-state index in [9.17, 15) is 24.2 Å². The van der Waals surface area contributed by atoms with Crippen LogP contribution < -0.4 is 16.0 Å². The molecule has 4 rings (SSSR count). The third-order valence-electron chi connectivity index (χ3n) is 4.64. The molecule has 0 amide bonds. The van der Waals surface area contributed by atoms with Gasteiger partial charge in [0.1, 0.15) is 29.6 Å². The number of phenols is 1. The second-order valence-electron chi connectivity index (χ2n) is 6.87. The van der Waals surface area contributed by atoms with Crippen molar-refractivity contribution < 1.29 is 19.3 Å². The Morgan fingerprint density at radius 1 is 1.03 bits per heavy atom. The number of aromatic nitrogens is 3. The van der Waals surface area contributed by atoms with Gasteiger partial charge in [-0.1, -0.05) is 35.3 Å². The Labute approximate surface area is 195 Å². The number of nitrogens with zero attached hydrogens (tertiary/aromatic N) is 2. The Bertz CT molecular complexity index is 1430. The molecule has 8 nitrogen and oxygen atoms in total. The van der Waals surface area contributed by atoms with Crippen LogP contribution in [0.15, 0.2) is 70.4 Å². The molecule has 0 aliphatic rings. The minimum atomic E-state index is -1.25. The number of rotatable bonds is 5. The number of phenolic OH excluding ortho intramolecular Hbond substituents is 1. The molecule has 0 radical (unpaired) electrons. The second kappa shape index (κ2) is 9.07. The zero-order valence-corrected chi connectivity index (χ0v) is 18.0. The van der Waals surface area contributed by atoms with Gasteiger partial charge < -0.3 is 14.9 Å². The van der Waals surface area contributed by atoms with Gasteiger partial charge in [0.25, 0.3) is 5.56 Å². The fourth-order valence-electron chi connectivity index (χ4n) is 3.06. The van der Waals surface area contributed by atoms with Crippen LogP contribution in [-0.4, -0.2) is 25.0 Å². The largest absolute Gasteiger partial charge is 0.508 e. The van der Waals surface area contributed by atoms with E-state index >= 15 is 0 Å². The second-order valence-corrected chi connectivity index (χ2v) is 7.68. The maximum atomic E-state index is 13.2. The predicted molar refractivity (Wildman–Crippen MR) is 119 cm³/mol. The standard InChI is InChI=1S/C22H14Cl2FN3O5/c23-16-7-13(28-22(32)27-19(30)10-26-28)8-17(24)21(16)33-14-5-6-18(29)15(9-14)20(31)11-1-3-12(25)4-2-11/h1-10,20,29,31H,(H,27,30,32)/t20-/m0/s1. The number of aromatic amines is 1. The van der Waals surface area contributed by atoms with Gasteiger partial charge in [-0.25, -0.2) is 9.18 Å². The number of benzene rings is 3. The highest BCUT2D eigenvalue weighted by molar-refractivity contribution is 6.37. The van der Waals surface area contributed by atoms with Crippen LogP contribution in [0.3, 0.4) is 0 Å². The summed E-state index contributed by atoms with van der Waals surface area (Å²) in [6, 6.07) is 12.0. The Hall–Kier alpha value is -3.66. The van der Waals surface area contributed by atoms with Crippen LogP contribution in [0, 0.1) is 5.82 Å². The zero-order valence-electron chi connectivity index (χ0n) is 16.5. The number of hydrogen-bond donors (Lipinski definition) is 3. The summed E-state index contributed by atoms with van der Waals surface area (Å²) in [6.45, 7) is 0. The summed E-state index contributed by atoms with van der Waals surface area (Å²) >= 11 is 12.6. The minimum absolute atomic E-state index is 0.0334. The van der Waals surface area contributed by atoms with Crippen molar-refractivity contribution in [3.8, 4) is 22.9 Å². The molecule has 0 aliphatic carbocycles. The molecule has 11 heteroatoms. The highest BCUT2D eigenvalue weighted by Crippen LogP contribution is 2.40. The lowest BCUT2D eigenvalue weighted by atomic mass is 10.0. The molecular weight excluding hydrogens is 476 g/mol. The smallest absolute Gasteiger partial charge is 0.349 e. The first kappa shape index (κ1) is 22.5. The molecule has 1 atom stereocenters. The highest BCUT2D eigenvalue weighted by Gasteiger charge is 2.18. The van der Waals surface area contributed by atoms with Gasteiger partial charge in [-0.15, -0.1) is 0 Å². The molecule has 0 aliphatic heterocycles. The van der Waals surface area contributed by atoms with Crippen LogP contribution in [0.2, 0.25) is 10.0 Å². The Morgan fingerprint density at radius 3 is 2.33 bits per heavy atom. The van der Waals surface area contributed by atoms with Crippen molar-refractivity contribution in [2.45, 2.75) is 6.10 Å². The average molecular weight is 490 g/mol. The quantitative estimate of drug-likeness (QED) is 0.390. The van der Waals surface area contributed by atoms with Crippen LogP contribution in [0.25, 0.3) is 5.69 Å². The molecule has 0 saturated carbocycles. The summed E-state index contributed by atoms with van der Waals surface area (Å²) in [5.74, 6) is -0.415. The van der Waals surface area contributed by atoms with Gasteiger partial charge in [-0.05, 0) is 48.0 Å². The zero-order chi connectivity index (χ0) is 23.7. The molecule has 1 heterocycles. The van der Waals surface area contributed by atoms with Gasteiger partial charge in [0.05, 0.1) is 15.7 Å². The number of aliphatic hydroxyl groups excluding tert-OH is 1. The van der Waals surface area contributed by atoms with E-state index in [2.05, 4.69) is 10.1 Å². The molecule has 0 saturated heterocycles. The summed E-state index contributed by atoms with van der Waals surface area (Å²) in [5.41, 5.74) is -0.757. The average Bonchev–Trinajstić information content (AvgIpc) is 2.77.